The molecule has 96 valence electrons. The van der Waals surface area contributed by atoms with E-state index in [1.165, 1.54) is 0 Å². The zero-order valence-electron chi connectivity index (χ0n) is 10.3. The Bertz CT molecular complexity index is 474. The third-order valence-electron chi connectivity index (χ3n) is 2.33. The van der Waals surface area contributed by atoms with E-state index >= 15 is 0 Å². The molecule has 0 fully saturated rings. The summed E-state index contributed by atoms with van der Waals surface area (Å²) in [5, 5.41) is 11.1. The molecule has 3 nitrogen and oxygen atoms in total. The van der Waals surface area contributed by atoms with Crippen LogP contribution in [0.3, 0.4) is 0 Å². The monoisotopic (exact) mass is 249 g/mol. The van der Waals surface area contributed by atoms with Gasteiger partial charge in [0.1, 0.15) is 6.67 Å². The zero-order chi connectivity index (χ0) is 13.4. The minimum absolute atomic E-state index is 0.0237. The van der Waals surface area contributed by atoms with Gasteiger partial charge in [0.15, 0.2) is 0 Å². The number of amides is 1. The standard InChI is InChI=1S/C14H16FNO2/c1-11-10-13(14(18)16-8-7-15)6-5-12(11)4-2-3-9-17/h5-6,10,17H,3,7-9H2,1H3,(H,16,18). The molecule has 0 unspecified atom stereocenters. The highest BCUT2D eigenvalue weighted by Gasteiger charge is 2.06. The van der Waals surface area contributed by atoms with Crippen LogP contribution in [0, 0.1) is 18.8 Å². The second-order valence-electron chi connectivity index (χ2n) is 3.75. The number of benzene rings is 1. The Balaban J connectivity index is 2.80. The van der Waals surface area contributed by atoms with Gasteiger partial charge in [0.05, 0.1) is 6.61 Å². The molecule has 0 saturated carbocycles. The lowest BCUT2D eigenvalue weighted by molar-refractivity contribution is 0.0950. The number of alkyl halides is 1. The van der Waals surface area contributed by atoms with Gasteiger partial charge in [-0.2, -0.15) is 0 Å². The van der Waals surface area contributed by atoms with Crippen LogP contribution in [-0.2, 0) is 0 Å². The quantitative estimate of drug-likeness (QED) is 0.793. The molecule has 0 aliphatic carbocycles. The van der Waals surface area contributed by atoms with Crippen molar-refractivity contribution in [2.75, 3.05) is 19.8 Å². The lowest BCUT2D eigenvalue weighted by atomic mass is 10.0. The first-order valence-electron chi connectivity index (χ1n) is 5.73. The van der Waals surface area contributed by atoms with E-state index in [9.17, 15) is 9.18 Å². The van der Waals surface area contributed by atoms with Crippen molar-refractivity contribution in [3.05, 3.63) is 34.9 Å². The van der Waals surface area contributed by atoms with Gasteiger partial charge in [0.25, 0.3) is 5.91 Å². The summed E-state index contributed by atoms with van der Waals surface area (Å²) in [6, 6.07) is 5.13. The fourth-order valence-corrected chi connectivity index (χ4v) is 1.42. The molecule has 1 aromatic rings. The summed E-state index contributed by atoms with van der Waals surface area (Å²) in [5.74, 6) is 5.46. The van der Waals surface area contributed by atoms with Crippen molar-refractivity contribution in [1.29, 1.82) is 0 Å². The third-order valence-corrected chi connectivity index (χ3v) is 2.33. The molecule has 1 amide bonds. The molecule has 1 aromatic carbocycles. The lowest BCUT2D eigenvalue weighted by Crippen LogP contribution is -2.25. The second kappa shape index (κ2) is 7.46. The Morgan fingerprint density at radius 3 is 2.89 bits per heavy atom. The number of aliphatic hydroxyl groups excluding tert-OH is 1. The molecule has 18 heavy (non-hydrogen) atoms. The molecule has 0 radical (unpaired) electrons. The average Bonchev–Trinajstić information content (AvgIpc) is 2.38. The summed E-state index contributed by atoms with van der Waals surface area (Å²) in [4.78, 5) is 11.6. The van der Waals surface area contributed by atoms with Gasteiger partial charge in [0.2, 0.25) is 0 Å². The molecular weight excluding hydrogens is 233 g/mol. The van der Waals surface area contributed by atoms with Crippen LogP contribution in [0.15, 0.2) is 18.2 Å². The smallest absolute Gasteiger partial charge is 0.251 e. The van der Waals surface area contributed by atoms with Gasteiger partial charge in [-0.1, -0.05) is 11.8 Å². The zero-order valence-corrected chi connectivity index (χ0v) is 10.3. The Morgan fingerprint density at radius 1 is 1.50 bits per heavy atom. The molecular formula is C14H16FNO2. The van der Waals surface area contributed by atoms with E-state index in [0.29, 0.717) is 12.0 Å². The Kier molecular flexibility index (Phi) is 5.89. The Morgan fingerprint density at radius 2 is 2.28 bits per heavy atom. The van der Waals surface area contributed by atoms with Crippen LogP contribution in [0.5, 0.6) is 0 Å². The number of aliphatic hydroxyl groups is 1. The van der Waals surface area contributed by atoms with Gasteiger partial charge in [0, 0.05) is 24.1 Å². The molecule has 0 atom stereocenters. The number of hydrogen-bond acceptors (Lipinski definition) is 2. The predicted molar refractivity (Wildman–Crippen MR) is 68.1 cm³/mol. The van der Waals surface area contributed by atoms with Crippen molar-refractivity contribution in [2.24, 2.45) is 0 Å². The van der Waals surface area contributed by atoms with Crippen LogP contribution in [0.25, 0.3) is 0 Å². The summed E-state index contributed by atoms with van der Waals surface area (Å²) in [6.45, 7) is 1.34. The van der Waals surface area contributed by atoms with Crippen LogP contribution in [-0.4, -0.2) is 30.8 Å². The summed E-state index contributed by atoms with van der Waals surface area (Å²) in [7, 11) is 0. The Hall–Kier alpha value is -1.86. The van der Waals surface area contributed by atoms with E-state index in [2.05, 4.69) is 17.2 Å². The molecule has 2 N–H and O–H groups in total. The van der Waals surface area contributed by atoms with E-state index in [1.807, 2.05) is 6.92 Å². The van der Waals surface area contributed by atoms with Crippen LogP contribution >= 0.6 is 0 Å². The fourth-order valence-electron chi connectivity index (χ4n) is 1.42. The third kappa shape index (κ3) is 4.19. The predicted octanol–water partition coefficient (Wildman–Crippen LogP) is 1.43. The highest BCUT2D eigenvalue weighted by Crippen LogP contribution is 2.10. The summed E-state index contributed by atoms with van der Waals surface area (Å²) in [5.41, 5.74) is 2.20. The number of halogens is 1. The Labute approximate surface area is 106 Å². The van der Waals surface area contributed by atoms with E-state index in [0.717, 1.165) is 11.1 Å². The number of aryl methyl sites for hydroxylation is 1. The largest absolute Gasteiger partial charge is 0.395 e. The normalized spacial score (nSPS) is 9.50. The molecule has 0 heterocycles. The molecule has 4 heteroatoms. The highest BCUT2D eigenvalue weighted by atomic mass is 19.1. The lowest BCUT2D eigenvalue weighted by Gasteiger charge is -2.05. The van der Waals surface area contributed by atoms with Crippen molar-refractivity contribution in [3.8, 4) is 11.8 Å². The molecule has 0 spiro atoms. The van der Waals surface area contributed by atoms with Gasteiger partial charge in [-0.25, -0.2) is 4.39 Å². The summed E-state index contributed by atoms with van der Waals surface area (Å²) in [6.07, 6.45) is 0.429. The van der Waals surface area contributed by atoms with Crippen molar-refractivity contribution in [2.45, 2.75) is 13.3 Å². The van der Waals surface area contributed by atoms with Crippen LogP contribution in [0.1, 0.15) is 27.9 Å². The van der Waals surface area contributed by atoms with Gasteiger partial charge >= 0.3 is 0 Å². The van der Waals surface area contributed by atoms with Gasteiger partial charge in [-0.15, -0.1) is 0 Å². The van der Waals surface area contributed by atoms with Crippen molar-refractivity contribution >= 4 is 5.91 Å². The van der Waals surface area contributed by atoms with Crippen LogP contribution in [0.4, 0.5) is 4.39 Å². The SMILES string of the molecule is Cc1cc(C(=O)NCCF)ccc1C#CCCO. The summed E-state index contributed by atoms with van der Waals surface area (Å²) < 4.78 is 11.9. The fraction of sp³-hybridized carbons (Fsp3) is 0.357. The van der Waals surface area contributed by atoms with Gasteiger partial charge in [-0.05, 0) is 30.7 Å². The van der Waals surface area contributed by atoms with Crippen LogP contribution in [0.2, 0.25) is 0 Å². The first-order valence-corrected chi connectivity index (χ1v) is 5.73. The van der Waals surface area contributed by atoms with Crippen molar-refractivity contribution in [1.82, 2.24) is 5.32 Å². The van der Waals surface area contributed by atoms with E-state index < -0.39 is 6.67 Å². The topological polar surface area (TPSA) is 49.3 Å². The van der Waals surface area contributed by atoms with E-state index in [-0.39, 0.29) is 19.1 Å². The molecule has 0 aromatic heterocycles. The molecule has 0 bridgehead atoms. The minimum Gasteiger partial charge on any atom is -0.395 e. The number of rotatable bonds is 4. The number of hydrogen-bond donors (Lipinski definition) is 2. The molecule has 0 aliphatic heterocycles. The maximum absolute atomic E-state index is 11.9. The van der Waals surface area contributed by atoms with E-state index in [4.69, 9.17) is 5.11 Å². The van der Waals surface area contributed by atoms with Gasteiger partial charge in [-0.3, -0.25) is 4.79 Å². The maximum Gasteiger partial charge on any atom is 0.251 e. The van der Waals surface area contributed by atoms with E-state index in [1.54, 1.807) is 18.2 Å². The molecule has 0 aliphatic rings. The first kappa shape index (κ1) is 14.2. The van der Waals surface area contributed by atoms with Crippen molar-refractivity contribution in [3.63, 3.8) is 0 Å². The second-order valence-corrected chi connectivity index (χ2v) is 3.75. The number of carbonyl (C=O) groups is 1. The average molecular weight is 249 g/mol. The molecule has 1 rings (SSSR count). The number of carbonyl (C=O) groups excluding carboxylic acids is 1. The van der Waals surface area contributed by atoms with Crippen LogP contribution < -0.4 is 5.32 Å². The summed E-state index contributed by atoms with van der Waals surface area (Å²) >= 11 is 0. The maximum atomic E-state index is 11.9. The molecule has 0 saturated heterocycles. The highest BCUT2D eigenvalue weighted by molar-refractivity contribution is 5.94. The number of nitrogens with one attached hydrogen (secondary N) is 1. The first-order chi connectivity index (χ1) is 8.69. The van der Waals surface area contributed by atoms with Crippen molar-refractivity contribution < 1.29 is 14.3 Å². The van der Waals surface area contributed by atoms with Gasteiger partial charge < -0.3 is 10.4 Å². The minimum atomic E-state index is -0.574.